The van der Waals surface area contributed by atoms with Crippen molar-refractivity contribution >= 4 is 17.9 Å². The van der Waals surface area contributed by atoms with Crippen LogP contribution in [0.4, 0.5) is 0 Å². The summed E-state index contributed by atoms with van der Waals surface area (Å²) in [6.07, 6.45) is 60.9. The molecule has 0 aliphatic heterocycles. The third kappa shape index (κ3) is 48.4. The first-order chi connectivity index (χ1) is 30.5. The molecule has 0 radical (unpaired) electrons. The van der Waals surface area contributed by atoms with Gasteiger partial charge in [-0.15, -0.1) is 0 Å². The molecule has 1 atom stereocenters. The lowest BCUT2D eigenvalue weighted by molar-refractivity contribution is -0.167. The third-order valence-corrected chi connectivity index (χ3v) is 11.6. The van der Waals surface area contributed by atoms with Gasteiger partial charge in [0.2, 0.25) is 0 Å². The molecule has 360 valence electrons. The van der Waals surface area contributed by atoms with Crippen LogP contribution in [-0.2, 0) is 28.6 Å². The number of carbonyl (C=O) groups is 3. The molecule has 6 heteroatoms. The van der Waals surface area contributed by atoms with E-state index in [9.17, 15) is 14.4 Å². The Morgan fingerprint density at radius 1 is 0.339 bits per heavy atom. The highest BCUT2D eigenvalue weighted by Gasteiger charge is 2.19. The summed E-state index contributed by atoms with van der Waals surface area (Å²) < 4.78 is 16.8. The first-order valence-electron chi connectivity index (χ1n) is 26.6. The topological polar surface area (TPSA) is 78.9 Å². The normalized spacial score (nSPS) is 12.4. The second-order valence-electron chi connectivity index (χ2n) is 17.8. The fourth-order valence-electron chi connectivity index (χ4n) is 7.61. The van der Waals surface area contributed by atoms with Crippen molar-refractivity contribution in [3.63, 3.8) is 0 Å². The molecule has 0 spiro atoms. The molecule has 0 aromatic rings. The second-order valence-corrected chi connectivity index (χ2v) is 17.8. The van der Waals surface area contributed by atoms with Crippen LogP contribution in [0.2, 0.25) is 0 Å². The Morgan fingerprint density at radius 3 is 0.984 bits per heavy atom. The minimum atomic E-state index is -0.781. The van der Waals surface area contributed by atoms with Crippen LogP contribution in [0.5, 0.6) is 0 Å². The van der Waals surface area contributed by atoms with Crippen molar-refractivity contribution in [3.05, 3.63) is 48.6 Å². The number of ether oxygens (including phenoxy) is 3. The minimum Gasteiger partial charge on any atom is -0.462 e. The second kappa shape index (κ2) is 51.0. The zero-order valence-electron chi connectivity index (χ0n) is 41.1. The quantitative estimate of drug-likeness (QED) is 0.0262. The van der Waals surface area contributed by atoms with Crippen molar-refractivity contribution < 1.29 is 28.6 Å². The summed E-state index contributed by atoms with van der Waals surface area (Å²) in [5, 5.41) is 0. The summed E-state index contributed by atoms with van der Waals surface area (Å²) in [6.45, 7) is 6.53. The molecule has 0 N–H and O–H groups in total. The molecule has 0 fully saturated rings. The molecular formula is C56H100O6. The Bertz CT molecular complexity index is 1090. The molecule has 0 aliphatic carbocycles. The molecule has 0 saturated carbocycles. The summed E-state index contributed by atoms with van der Waals surface area (Å²) in [5.74, 6) is -0.892. The Balaban J connectivity index is 4.39. The van der Waals surface area contributed by atoms with Gasteiger partial charge < -0.3 is 14.2 Å². The van der Waals surface area contributed by atoms with E-state index < -0.39 is 6.10 Å². The zero-order chi connectivity index (χ0) is 45.1. The lowest BCUT2D eigenvalue weighted by Crippen LogP contribution is -2.30. The van der Waals surface area contributed by atoms with Crippen molar-refractivity contribution in [2.75, 3.05) is 13.2 Å². The van der Waals surface area contributed by atoms with Crippen molar-refractivity contribution in [2.45, 2.75) is 277 Å². The number of unbranched alkanes of at least 4 members (excludes halogenated alkanes) is 29. The van der Waals surface area contributed by atoms with Gasteiger partial charge in [-0.25, -0.2) is 0 Å². The van der Waals surface area contributed by atoms with Gasteiger partial charge in [0.1, 0.15) is 13.2 Å². The van der Waals surface area contributed by atoms with Gasteiger partial charge in [-0.3, -0.25) is 14.4 Å². The molecule has 0 aliphatic rings. The number of hydrogen-bond acceptors (Lipinski definition) is 6. The van der Waals surface area contributed by atoms with Crippen LogP contribution in [0.1, 0.15) is 271 Å². The predicted molar refractivity (Wildman–Crippen MR) is 265 cm³/mol. The van der Waals surface area contributed by atoms with Gasteiger partial charge in [0, 0.05) is 19.3 Å². The summed E-state index contributed by atoms with van der Waals surface area (Å²) in [5.41, 5.74) is 0. The van der Waals surface area contributed by atoms with Crippen molar-refractivity contribution in [1.29, 1.82) is 0 Å². The number of esters is 3. The summed E-state index contributed by atoms with van der Waals surface area (Å²) in [7, 11) is 0. The molecule has 0 aromatic carbocycles. The molecule has 0 saturated heterocycles. The third-order valence-electron chi connectivity index (χ3n) is 11.6. The first-order valence-corrected chi connectivity index (χ1v) is 26.6. The van der Waals surface area contributed by atoms with E-state index >= 15 is 0 Å². The van der Waals surface area contributed by atoms with Gasteiger partial charge in [-0.2, -0.15) is 0 Å². The van der Waals surface area contributed by atoms with E-state index in [0.717, 1.165) is 96.3 Å². The van der Waals surface area contributed by atoms with E-state index in [2.05, 4.69) is 69.4 Å². The van der Waals surface area contributed by atoms with Crippen molar-refractivity contribution in [3.8, 4) is 0 Å². The lowest BCUT2D eigenvalue weighted by Gasteiger charge is -2.18. The Hall–Kier alpha value is -2.63. The van der Waals surface area contributed by atoms with E-state index in [1.165, 1.54) is 135 Å². The molecule has 0 heterocycles. The Kier molecular flexibility index (Phi) is 48.8. The highest BCUT2D eigenvalue weighted by molar-refractivity contribution is 5.71. The first kappa shape index (κ1) is 59.4. The van der Waals surface area contributed by atoms with Gasteiger partial charge in [0.15, 0.2) is 6.10 Å². The molecular weight excluding hydrogens is 769 g/mol. The summed E-state index contributed by atoms with van der Waals surface area (Å²) >= 11 is 0. The van der Waals surface area contributed by atoms with Gasteiger partial charge in [0.05, 0.1) is 0 Å². The molecule has 0 amide bonds. The van der Waals surface area contributed by atoms with Crippen LogP contribution in [0.3, 0.4) is 0 Å². The van der Waals surface area contributed by atoms with Crippen molar-refractivity contribution in [1.82, 2.24) is 0 Å². The summed E-state index contributed by atoms with van der Waals surface area (Å²) in [4.78, 5) is 38.0. The SMILES string of the molecule is CC/C=C\C/C=C\C/C=C\C/C=C\CCCCCCC(=O)O[C@@H](COC(=O)CCCCCCCCCCCCCC)COC(=O)CCCCCCCCCCCCCCCCC. The maximum Gasteiger partial charge on any atom is 0.306 e. The average Bonchev–Trinajstić information content (AvgIpc) is 3.27. The number of allylic oxidation sites excluding steroid dienone is 8. The van der Waals surface area contributed by atoms with E-state index in [1.54, 1.807) is 0 Å². The number of carbonyl (C=O) groups excluding carboxylic acids is 3. The fourth-order valence-corrected chi connectivity index (χ4v) is 7.61. The lowest BCUT2D eigenvalue weighted by atomic mass is 10.0. The van der Waals surface area contributed by atoms with Gasteiger partial charge in [-0.05, 0) is 57.8 Å². The molecule has 0 aromatic heterocycles. The molecule has 6 nitrogen and oxygen atoms in total. The van der Waals surface area contributed by atoms with Crippen molar-refractivity contribution in [2.24, 2.45) is 0 Å². The Morgan fingerprint density at radius 2 is 0.629 bits per heavy atom. The van der Waals surface area contributed by atoms with Gasteiger partial charge in [0.25, 0.3) is 0 Å². The highest BCUT2D eigenvalue weighted by atomic mass is 16.6. The largest absolute Gasteiger partial charge is 0.462 e. The van der Waals surface area contributed by atoms with Crippen LogP contribution >= 0.6 is 0 Å². The standard InChI is InChI=1S/C56H100O6/c1-4-7-10-13-16-19-22-25-27-28-30-32-35-38-41-44-47-50-56(59)62-53(51-60-54(57)48-45-42-39-36-33-24-21-18-15-12-9-6-3)52-61-55(58)49-46-43-40-37-34-31-29-26-23-20-17-14-11-8-5-2/h7,10,16,19,25,27,30,32,53H,4-6,8-9,11-15,17-18,20-24,26,28-29,31,33-52H2,1-3H3/b10-7-,19-16-,27-25-,32-30-/t53-/m0/s1. The summed E-state index contributed by atoms with van der Waals surface area (Å²) in [6, 6.07) is 0. The van der Waals surface area contributed by atoms with Crippen LogP contribution in [0.25, 0.3) is 0 Å². The monoisotopic (exact) mass is 869 g/mol. The fraction of sp³-hybridized carbons (Fsp3) is 0.804. The Labute approximate surface area is 384 Å². The molecule has 0 bridgehead atoms. The zero-order valence-corrected chi connectivity index (χ0v) is 41.1. The van der Waals surface area contributed by atoms with Crippen LogP contribution in [0.15, 0.2) is 48.6 Å². The maximum absolute atomic E-state index is 12.8. The van der Waals surface area contributed by atoms with E-state index in [4.69, 9.17) is 14.2 Å². The predicted octanol–water partition coefficient (Wildman–Crippen LogP) is 17.5. The van der Waals surface area contributed by atoms with E-state index in [1.807, 2.05) is 0 Å². The number of hydrogen-bond donors (Lipinski definition) is 0. The van der Waals surface area contributed by atoms with Crippen LogP contribution in [-0.4, -0.2) is 37.2 Å². The van der Waals surface area contributed by atoms with Gasteiger partial charge >= 0.3 is 17.9 Å². The minimum absolute atomic E-state index is 0.0793. The van der Waals surface area contributed by atoms with E-state index in [-0.39, 0.29) is 31.1 Å². The average molecular weight is 869 g/mol. The maximum atomic E-state index is 12.8. The molecule has 0 unspecified atom stereocenters. The van der Waals surface area contributed by atoms with E-state index in [0.29, 0.717) is 19.3 Å². The smallest absolute Gasteiger partial charge is 0.306 e. The highest BCUT2D eigenvalue weighted by Crippen LogP contribution is 2.16. The molecule has 62 heavy (non-hydrogen) atoms. The van der Waals surface area contributed by atoms with Gasteiger partial charge in [-0.1, -0.05) is 243 Å². The molecule has 0 rings (SSSR count). The van der Waals surface area contributed by atoms with Crippen LogP contribution in [0, 0.1) is 0 Å². The number of rotatable bonds is 48. The van der Waals surface area contributed by atoms with Crippen LogP contribution < -0.4 is 0 Å².